The number of nitrogens with zero attached hydrogens (tertiary/aromatic N) is 2. The number of piperazine rings is 1. The number of carbonyl (C=O) groups is 2. The molecule has 0 bridgehead atoms. The van der Waals surface area contributed by atoms with Crippen molar-refractivity contribution in [1.29, 1.82) is 0 Å². The smallest absolute Gasteiger partial charge is 0.249 e. The van der Waals surface area contributed by atoms with E-state index in [0.717, 1.165) is 6.42 Å². The van der Waals surface area contributed by atoms with Crippen LogP contribution in [-0.4, -0.2) is 62.1 Å². The first-order valence-electron chi connectivity index (χ1n) is 8.32. The maximum atomic E-state index is 13.8. The van der Waals surface area contributed by atoms with Gasteiger partial charge in [-0.25, -0.2) is 4.39 Å². The van der Waals surface area contributed by atoms with Crippen molar-refractivity contribution in [2.24, 2.45) is 0 Å². The molecule has 1 aromatic carbocycles. The van der Waals surface area contributed by atoms with Crippen LogP contribution >= 0.6 is 0 Å². The maximum Gasteiger partial charge on any atom is 0.249 e. The van der Waals surface area contributed by atoms with E-state index in [-0.39, 0.29) is 24.2 Å². The molecular formula is C17H22FN3O3. The molecule has 1 aromatic rings. The van der Waals surface area contributed by atoms with Crippen LogP contribution in [-0.2, 0) is 14.3 Å². The van der Waals surface area contributed by atoms with E-state index in [1.54, 1.807) is 23.1 Å². The summed E-state index contributed by atoms with van der Waals surface area (Å²) < 4.78 is 19.1. The highest BCUT2D eigenvalue weighted by molar-refractivity contribution is 5.87. The molecule has 1 unspecified atom stereocenters. The van der Waals surface area contributed by atoms with Gasteiger partial charge in [0.05, 0.1) is 12.2 Å². The van der Waals surface area contributed by atoms with Crippen molar-refractivity contribution in [3.8, 4) is 0 Å². The molecular weight excluding hydrogens is 313 g/mol. The van der Waals surface area contributed by atoms with E-state index in [9.17, 15) is 14.0 Å². The monoisotopic (exact) mass is 335 g/mol. The predicted molar refractivity (Wildman–Crippen MR) is 87.2 cm³/mol. The number of hydrogen-bond donors (Lipinski definition) is 1. The van der Waals surface area contributed by atoms with Crippen LogP contribution in [0.3, 0.4) is 0 Å². The van der Waals surface area contributed by atoms with Crippen LogP contribution in [0.25, 0.3) is 0 Å². The zero-order valence-corrected chi connectivity index (χ0v) is 13.5. The lowest BCUT2D eigenvalue weighted by Gasteiger charge is -2.36. The first-order valence-corrected chi connectivity index (χ1v) is 8.32. The Kier molecular flexibility index (Phi) is 5.30. The van der Waals surface area contributed by atoms with Crippen LogP contribution in [0, 0.1) is 5.82 Å². The Bertz CT molecular complexity index is 596. The number of hydrogen-bond acceptors (Lipinski definition) is 4. The average Bonchev–Trinajstić information content (AvgIpc) is 3.15. The van der Waals surface area contributed by atoms with Crippen LogP contribution in [0.4, 0.5) is 10.1 Å². The van der Waals surface area contributed by atoms with Gasteiger partial charge >= 0.3 is 0 Å². The van der Waals surface area contributed by atoms with Gasteiger partial charge in [-0.05, 0) is 25.0 Å². The second-order valence-corrected chi connectivity index (χ2v) is 6.04. The second-order valence-electron chi connectivity index (χ2n) is 6.04. The maximum absolute atomic E-state index is 13.8. The Balaban J connectivity index is 1.45. The summed E-state index contributed by atoms with van der Waals surface area (Å²) in [7, 11) is 0. The van der Waals surface area contributed by atoms with Gasteiger partial charge in [0.2, 0.25) is 11.8 Å². The highest BCUT2D eigenvalue weighted by Crippen LogP contribution is 2.20. The number of rotatable bonds is 4. The summed E-state index contributed by atoms with van der Waals surface area (Å²) in [6, 6.07) is 6.65. The van der Waals surface area contributed by atoms with E-state index in [1.807, 2.05) is 4.90 Å². The van der Waals surface area contributed by atoms with Gasteiger partial charge in [-0.2, -0.15) is 0 Å². The fourth-order valence-electron chi connectivity index (χ4n) is 3.08. The molecule has 0 aliphatic carbocycles. The second kappa shape index (κ2) is 7.61. The minimum absolute atomic E-state index is 0.0155. The third kappa shape index (κ3) is 3.84. The lowest BCUT2D eigenvalue weighted by molar-refractivity contribution is -0.136. The topological polar surface area (TPSA) is 61.9 Å². The Morgan fingerprint density at radius 3 is 2.62 bits per heavy atom. The van der Waals surface area contributed by atoms with Crippen molar-refractivity contribution in [2.75, 3.05) is 44.2 Å². The highest BCUT2D eigenvalue weighted by Gasteiger charge is 2.26. The molecule has 0 spiro atoms. The van der Waals surface area contributed by atoms with E-state index in [0.29, 0.717) is 44.9 Å². The summed E-state index contributed by atoms with van der Waals surface area (Å²) >= 11 is 0. The summed E-state index contributed by atoms with van der Waals surface area (Å²) in [4.78, 5) is 27.7. The molecule has 24 heavy (non-hydrogen) atoms. The molecule has 1 atom stereocenters. The number of para-hydroxylation sites is 1. The van der Waals surface area contributed by atoms with Gasteiger partial charge in [0.1, 0.15) is 11.9 Å². The van der Waals surface area contributed by atoms with E-state index in [1.165, 1.54) is 6.07 Å². The van der Waals surface area contributed by atoms with Crippen molar-refractivity contribution in [1.82, 2.24) is 10.2 Å². The number of nitrogens with one attached hydrogen (secondary N) is 1. The zero-order chi connectivity index (χ0) is 16.9. The minimum Gasteiger partial charge on any atom is -0.368 e. The van der Waals surface area contributed by atoms with Crippen molar-refractivity contribution in [3.05, 3.63) is 30.1 Å². The summed E-state index contributed by atoms with van der Waals surface area (Å²) in [6.45, 7) is 2.77. The third-order valence-corrected chi connectivity index (χ3v) is 4.46. The van der Waals surface area contributed by atoms with Crippen LogP contribution in [0.1, 0.15) is 12.8 Å². The van der Waals surface area contributed by atoms with E-state index < -0.39 is 6.10 Å². The van der Waals surface area contributed by atoms with Crippen LogP contribution in [0.5, 0.6) is 0 Å². The van der Waals surface area contributed by atoms with Gasteiger partial charge < -0.3 is 19.9 Å². The molecule has 1 N–H and O–H groups in total. The molecule has 2 fully saturated rings. The quantitative estimate of drug-likeness (QED) is 0.883. The predicted octanol–water partition coefficient (Wildman–Crippen LogP) is 0.769. The normalized spacial score (nSPS) is 21.0. The molecule has 2 heterocycles. The SMILES string of the molecule is O=C(NCC(=O)N1CCN(c2ccccc2F)CC1)C1CCCO1. The number of benzene rings is 1. The Labute approximate surface area is 140 Å². The summed E-state index contributed by atoms with van der Waals surface area (Å²) in [5.41, 5.74) is 0.566. The summed E-state index contributed by atoms with van der Waals surface area (Å²) in [5.74, 6) is -0.582. The molecule has 2 aliphatic heterocycles. The van der Waals surface area contributed by atoms with E-state index >= 15 is 0 Å². The molecule has 0 aromatic heterocycles. The molecule has 2 aliphatic rings. The largest absolute Gasteiger partial charge is 0.368 e. The van der Waals surface area contributed by atoms with Gasteiger partial charge in [-0.1, -0.05) is 12.1 Å². The number of ether oxygens (including phenoxy) is 1. The highest BCUT2D eigenvalue weighted by atomic mass is 19.1. The van der Waals surface area contributed by atoms with Gasteiger partial charge in [0.15, 0.2) is 0 Å². The number of halogens is 1. The van der Waals surface area contributed by atoms with E-state index in [2.05, 4.69) is 5.32 Å². The first-order chi connectivity index (χ1) is 11.6. The first kappa shape index (κ1) is 16.7. The van der Waals surface area contributed by atoms with Crippen LogP contribution in [0.15, 0.2) is 24.3 Å². The van der Waals surface area contributed by atoms with E-state index in [4.69, 9.17) is 4.74 Å². The Morgan fingerprint density at radius 2 is 1.96 bits per heavy atom. The van der Waals surface area contributed by atoms with Crippen LogP contribution in [0.2, 0.25) is 0 Å². The van der Waals surface area contributed by atoms with Crippen LogP contribution < -0.4 is 10.2 Å². The summed E-state index contributed by atoms with van der Waals surface area (Å²) in [5, 5.41) is 2.64. The van der Waals surface area contributed by atoms with Crippen molar-refractivity contribution >= 4 is 17.5 Å². The van der Waals surface area contributed by atoms with Gasteiger partial charge in [-0.3, -0.25) is 9.59 Å². The fraction of sp³-hybridized carbons (Fsp3) is 0.529. The minimum atomic E-state index is -0.421. The summed E-state index contributed by atoms with van der Waals surface area (Å²) in [6.07, 6.45) is 1.17. The lowest BCUT2D eigenvalue weighted by atomic mass is 10.2. The van der Waals surface area contributed by atoms with Gasteiger partial charge in [0.25, 0.3) is 0 Å². The standard InChI is InChI=1S/C17H22FN3O3/c18-13-4-1-2-5-14(13)20-7-9-21(10-8-20)16(22)12-19-17(23)15-6-3-11-24-15/h1-2,4-5,15H,3,6-12H2,(H,19,23). The molecule has 130 valence electrons. The van der Waals surface area contributed by atoms with Crippen molar-refractivity contribution in [3.63, 3.8) is 0 Å². The Morgan fingerprint density at radius 1 is 1.21 bits per heavy atom. The van der Waals surface area contributed by atoms with Gasteiger partial charge in [0, 0.05) is 32.8 Å². The van der Waals surface area contributed by atoms with Gasteiger partial charge in [-0.15, -0.1) is 0 Å². The molecule has 6 nitrogen and oxygen atoms in total. The average molecular weight is 335 g/mol. The Hall–Kier alpha value is -2.15. The molecule has 2 saturated heterocycles. The molecule has 0 saturated carbocycles. The molecule has 7 heteroatoms. The van der Waals surface area contributed by atoms with Crippen molar-refractivity contribution < 1.29 is 18.7 Å². The van der Waals surface area contributed by atoms with Crippen molar-refractivity contribution in [2.45, 2.75) is 18.9 Å². The molecule has 0 radical (unpaired) electrons. The fourth-order valence-corrected chi connectivity index (χ4v) is 3.08. The third-order valence-electron chi connectivity index (χ3n) is 4.46. The molecule has 2 amide bonds. The molecule has 3 rings (SSSR count). The zero-order valence-electron chi connectivity index (χ0n) is 13.5. The number of carbonyl (C=O) groups excluding carboxylic acids is 2. The number of anilines is 1. The number of amides is 2. The lowest BCUT2D eigenvalue weighted by Crippen LogP contribution is -2.52.